The first-order valence-electron chi connectivity index (χ1n) is 9.47. The monoisotopic (exact) mass is 406 g/mol. The largest absolute Gasteiger partial charge is 0.333 e. The molecule has 6 nitrogen and oxygen atoms in total. The number of fused-ring (bicyclic) bond motifs is 1. The summed E-state index contributed by atoms with van der Waals surface area (Å²) in [7, 11) is 0. The molecule has 1 unspecified atom stereocenters. The molecule has 0 saturated carbocycles. The van der Waals surface area contributed by atoms with Crippen molar-refractivity contribution in [2.75, 3.05) is 16.8 Å². The van der Waals surface area contributed by atoms with E-state index in [-0.39, 0.29) is 11.8 Å². The third kappa shape index (κ3) is 3.65. The Bertz CT molecular complexity index is 1050. The van der Waals surface area contributed by atoms with Crippen molar-refractivity contribution in [3.05, 3.63) is 72.8 Å². The number of thioether (sulfide) groups is 1. The van der Waals surface area contributed by atoms with Crippen molar-refractivity contribution in [1.29, 1.82) is 0 Å². The Kier molecular flexibility index (Phi) is 5.15. The molecule has 1 N–H and O–H groups in total. The van der Waals surface area contributed by atoms with Crippen molar-refractivity contribution in [3.8, 4) is 0 Å². The maximum absolute atomic E-state index is 13.2. The second-order valence-electron chi connectivity index (χ2n) is 7.04. The number of carbonyl (C=O) groups excluding carboxylic acids is 2. The van der Waals surface area contributed by atoms with E-state index < -0.39 is 4.75 Å². The Balaban J connectivity index is 1.57. The maximum atomic E-state index is 13.2. The molecular formula is C22H22N4O2S. The summed E-state index contributed by atoms with van der Waals surface area (Å²) in [4.78, 5) is 33.1. The van der Waals surface area contributed by atoms with E-state index >= 15 is 0 Å². The Hall–Kier alpha value is -3.06. The van der Waals surface area contributed by atoms with Crippen LogP contribution in [0.2, 0.25) is 0 Å². The number of rotatable bonds is 5. The lowest BCUT2D eigenvalue weighted by molar-refractivity contribution is -0.128. The van der Waals surface area contributed by atoms with Gasteiger partial charge in [-0.3, -0.25) is 9.59 Å². The summed E-state index contributed by atoms with van der Waals surface area (Å²) in [5.74, 6) is -0.518. The van der Waals surface area contributed by atoms with Crippen molar-refractivity contribution in [3.63, 3.8) is 0 Å². The zero-order valence-corrected chi connectivity index (χ0v) is 17.1. The molecular weight excluding hydrogens is 384 g/mol. The molecule has 4 rings (SSSR count). The number of imidazole rings is 1. The number of hydrogen-bond acceptors (Lipinski definition) is 4. The van der Waals surface area contributed by atoms with Gasteiger partial charge in [0.1, 0.15) is 0 Å². The van der Waals surface area contributed by atoms with Crippen molar-refractivity contribution in [1.82, 2.24) is 9.55 Å². The Morgan fingerprint density at radius 3 is 2.79 bits per heavy atom. The first kappa shape index (κ1) is 19.3. The topological polar surface area (TPSA) is 67.2 Å². The predicted octanol–water partition coefficient (Wildman–Crippen LogP) is 3.79. The van der Waals surface area contributed by atoms with Crippen molar-refractivity contribution in [2.24, 2.45) is 0 Å². The molecule has 0 saturated heterocycles. The van der Waals surface area contributed by atoms with Crippen molar-refractivity contribution in [2.45, 2.75) is 30.0 Å². The summed E-state index contributed by atoms with van der Waals surface area (Å²) in [5.41, 5.74) is 2.57. The number of anilines is 2. The van der Waals surface area contributed by atoms with Gasteiger partial charge in [0.2, 0.25) is 5.91 Å². The van der Waals surface area contributed by atoms with E-state index in [0.717, 1.165) is 16.1 Å². The molecule has 0 aliphatic carbocycles. The number of benzene rings is 2. The fraction of sp³-hybridized carbons (Fsp3) is 0.227. The first-order chi connectivity index (χ1) is 14.0. The molecule has 2 heterocycles. The van der Waals surface area contributed by atoms with E-state index in [2.05, 4.69) is 10.3 Å². The average molecular weight is 407 g/mol. The highest BCUT2D eigenvalue weighted by atomic mass is 32.2. The molecule has 1 aliphatic rings. The molecule has 3 aromatic rings. The Morgan fingerprint density at radius 2 is 2.03 bits per heavy atom. The van der Waals surface area contributed by atoms with Crippen LogP contribution >= 0.6 is 11.8 Å². The van der Waals surface area contributed by atoms with Gasteiger partial charge in [0, 0.05) is 36.1 Å². The van der Waals surface area contributed by atoms with Gasteiger partial charge < -0.3 is 14.8 Å². The third-order valence-corrected chi connectivity index (χ3v) is 6.32. The van der Waals surface area contributed by atoms with Crippen LogP contribution in [-0.2, 0) is 16.1 Å². The Labute approximate surface area is 173 Å². The maximum Gasteiger partial charge on any atom is 0.252 e. The van der Waals surface area contributed by atoms with Gasteiger partial charge in [0.15, 0.2) is 4.75 Å². The van der Waals surface area contributed by atoms with Gasteiger partial charge in [-0.2, -0.15) is 0 Å². The van der Waals surface area contributed by atoms with Crippen LogP contribution in [0.5, 0.6) is 0 Å². The third-order valence-electron chi connectivity index (χ3n) is 4.98. The summed E-state index contributed by atoms with van der Waals surface area (Å²) in [5, 5.41) is 2.95. The smallest absolute Gasteiger partial charge is 0.252 e. The molecule has 1 aromatic heterocycles. The van der Waals surface area contributed by atoms with Gasteiger partial charge in [-0.25, -0.2) is 4.98 Å². The molecule has 0 spiro atoms. The highest BCUT2D eigenvalue weighted by Gasteiger charge is 2.48. The minimum atomic E-state index is -1.23. The van der Waals surface area contributed by atoms with Gasteiger partial charge in [0.25, 0.3) is 5.91 Å². The van der Waals surface area contributed by atoms with Crippen LogP contribution in [0.15, 0.2) is 72.1 Å². The van der Waals surface area contributed by atoms with Gasteiger partial charge in [-0.15, -0.1) is 0 Å². The second kappa shape index (κ2) is 7.75. The zero-order valence-electron chi connectivity index (χ0n) is 16.3. The number of para-hydroxylation sites is 1. The molecule has 2 aromatic carbocycles. The predicted molar refractivity (Wildman–Crippen MR) is 115 cm³/mol. The van der Waals surface area contributed by atoms with Crippen LogP contribution in [0, 0.1) is 0 Å². The fourth-order valence-corrected chi connectivity index (χ4v) is 4.65. The summed E-state index contributed by atoms with van der Waals surface area (Å²) >= 11 is 1.31. The number of hydrogen-bond donors (Lipinski definition) is 1. The van der Waals surface area contributed by atoms with E-state index in [1.54, 1.807) is 24.3 Å². The van der Waals surface area contributed by atoms with Crippen LogP contribution in [0.25, 0.3) is 0 Å². The summed E-state index contributed by atoms with van der Waals surface area (Å²) < 4.78 is 0.726. The molecule has 148 valence electrons. The zero-order chi connectivity index (χ0) is 20.4. The summed E-state index contributed by atoms with van der Waals surface area (Å²) in [6.07, 6.45) is 5.37. The van der Waals surface area contributed by atoms with Crippen molar-refractivity contribution >= 4 is 35.0 Å². The molecule has 1 atom stereocenters. The summed E-state index contributed by atoms with van der Waals surface area (Å²) in [6.45, 7) is 4.79. The van der Waals surface area contributed by atoms with E-state index in [1.807, 2.05) is 66.2 Å². The van der Waals surface area contributed by atoms with E-state index in [4.69, 9.17) is 0 Å². The van der Waals surface area contributed by atoms with E-state index in [1.165, 1.54) is 11.8 Å². The van der Waals surface area contributed by atoms with E-state index in [0.29, 0.717) is 18.8 Å². The van der Waals surface area contributed by atoms with Crippen LogP contribution in [-0.4, -0.2) is 32.7 Å². The minimum absolute atomic E-state index is 0.198. The fourth-order valence-electron chi connectivity index (χ4n) is 3.44. The van der Waals surface area contributed by atoms with Gasteiger partial charge in [-0.05, 0) is 43.7 Å². The number of nitrogens with zero attached hydrogens (tertiary/aromatic N) is 3. The van der Waals surface area contributed by atoms with E-state index in [9.17, 15) is 9.59 Å². The lowest BCUT2D eigenvalue weighted by Gasteiger charge is -2.38. The molecule has 0 radical (unpaired) electrons. The molecule has 1 aliphatic heterocycles. The highest BCUT2D eigenvalue weighted by molar-refractivity contribution is 8.02. The molecule has 7 heteroatoms. The van der Waals surface area contributed by atoms with Crippen LogP contribution < -0.4 is 10.2 Å². The van der Waals surface area contributed by atoms with Crippen LogP contribution in [0.3, 0.4) is 0 Å². The average Bonchev–Trinajstić information content (AvgIpc) is 3.22. The molecule has 0 fully saturated rings. The van der Waals surface area contributed by atoms with Crippen LogP contribution in [0.1, 0.15) is 19.4 Å². The normalized spacial score (nSPS) is 18.4. The second-order valence-corrected chi connectivity index (χ2v) is 8.50. The van der Waals surface area contributed by atoms with Gasteiger partial charge in [0.05, 0.1) is 12.0 Å². The summed E-state index contributed by atoms with van der Waals surface area (Å²) in [6, 6.07) is 15.3. The highest BCUT2D eigenvalue weighted by Crippen LogP contribution is 2.45. The molecule has 2 amide bonds. The lowest BCUT2D eigenvalue weighted by Crippen LogP contribution is -2.54. The minimum Gasteiger partial charge on any atom is -0.333 e. The quantitative estimate of drug-likeness (QED) is 0.655. The van der Waals surface area contributed by atoms with Crippen molar-refractivity contribution < 1.29 is 9.59 Å². The van der Waals surface area contributed by atoms with Crippen LogP contribution in [0.4, 0.5) is 11.4 Å². The number of aromatic nitrogens is 2. The Morgan fingerprint density at radius 1 is 1.21 bits per heavy atom. The molecule has 29 heavy (non-hydrogen) atoms. The molecule has 0 bridgehead atoms. The lowest BCUT2D eigenvalue weighted by atomic mass is 10.1. The van der Waals surface area contributed by atoms with Gasteiger partial charge >= 0.3 is 0 Å². The number of nitrogens with one attached hydrogen (secondary N) is 1. The number of carbonyl (C=O) groups is 2. The van der Waals surface area contributed by atoms with Gasteiger partial charge in [-0.1, -0.05) is 36.0 Å². The number of amides is 2. The first-order valence-corrected chi connectivity index (χ1v) is 10.3. The standard InChI is InChI=1S/C22H22N4O2S/c1-3-26-18-9-4-5-10-19(18)29-22(2,21(26)28)20(27)24-17-8-6-7-16(13-17)14-25-12-11-23-15-25/h4-13,15H,3,14H2,1-2H3,(H,24,27). The SMILES string of the molecule is CCN1C(=O)C(C)(C(=O)Nc2cccc(Cn3ccnc3)c2)Sc2ccccc21.